The Kier molecular flexibility index (Phi) is 6.03. The summed E-state index contributed by atoms with van der Waals surface area (Å²) in [4.78, 5) is 40.4. The second kappa shape index (κ2) is 9.45. The lowest BCUT2D eigenvalue weighted by molar-refractivity contribution is -0.384. The van der Waals surface area contributed by atoms with Crippen LogP contribution in [0.3, 0.4) is 0 Å². The monoisotopic (exact) mass is 485 g/mol. The number of nitrogens with one attached hydrogen (secondary N) is 1. The Morgan fingerprint density at radius 1 is 1.14 bits per heavy atom. The quantitative estimate of drug-likeness (QED) is 0.265. The zero-order chi connectivity index (χ0) is 25.2. The molecule has 2 aromatic carbocycles. The van der Waals surface area contributed by atoms with E-state index in [2.05, 4.69) is 15.4 Å². The van der Waals surface area contributed by atoms with Crippen molar-refractivity contribution in [2.45, 2.75) is 19.5 Å². The number of nitro benzene ring substituents is 1. The molecule has 3 aromatic heterocycles. The average Bonchev–Trinajstić information content (AvgIpc) is 3.42. The van der Waals surface area contributed by atoms with Gasteiger partial charge in [0.2, 0.25) is 5.91 Å². The first-order valence-corrected chi connectivity index (χ1v) is 11.3. The summed E-state index contributed by atoms with van der Waals surface area (Å²) in [5, 5.41) is 19.6. The molecule has 3 heterocycles. The summed E-state index contributed by atoms with van der Waals surface area (Å²) >= 11 is 0. The van der Waals surface area contributed by atoms with Gasteiger partial charge < -0.3 is 9.88 Å². The second-order valence-corrected chi connectivity index (χ2v) is 8.52. The van der Waals surface area contributed by atoms with Crippen LogP contribution >= 0.6 is 0 Å². The van der Waals surface area contributed by atoms with Crippen molar-refractivity contribution in [2.75, 3.05) is 6.54 Å². The Labute approximate surface area is 204 Å². The largest absolute Gasteiger partial charge is 0.354 e. The summed E-state index contributed by atoms with van der Waals surface area (Å²) in [5.41, 5.74) is 2.74. The molecule has 0 saturated carbocycles. The maximum absolute atomic E-state index is 12.9. The van der Waals surface area contributed by atoms with Gasteiger partial charge in [0.25, 0.3) is 11.2 Å². The third kappa shape index (κ3) is 4.45. The number of benzene rings is 2. The van der Waals surface area contributed by atoms with Crippen molar-refractivity contribution in [2.24, 2.45) is 7.05 Å². The van der Waals surface area contributed by atoms with Crippen molar-refractivity contribution in [3.05, 3.63) is 98.8 Å². The Morgan fingerprint density at radius 3 is 2.81 bits per heavy atom. The predicted octanol–water partition coefficient (Wildman–Crippen LogP) is 2.40. The number of rotatable bonds is 8. The van der Waals surface area contributed by atoms with Crippen molar-refractivity contribution in [3.63, 3.8) is 0 Å². The third-order valence-electron chi connectivity index (χ3n) is 6.07. The van der Waals surface area contributed by atoms with E-state index in [1.165, 1.54) is 29.2 Å². The Hall–Kier alpha value is -4.80. The average molecular weight is 486 g/mol. The molecule has 0 radical (unpaired) electrons. The summed E-state index contributed by atoms with van der Waals surface area (Å²) in [5.74, 6) is -0.102. The van der Waals surface area contributed by atoms with Gasteiger partial charge in [-0.1, -0.05) is 30.3 Å². The molecule has 11 heteroatoms. The third-order valence-corrected chi connectivity index (χ3v) is 6.07. The molecule has 11 nitrogen and oxygen atoms in total. The second-order valence-electron chi connectivity index (χ2n) is 8.52. The van der Waals surface area contributed by atoms with E-state index in [1.807, 2.05) is 42.1 Å². The van der Waals surface area contributed by atoms with Gasteiger partial charge in [-0.05, 0) is 17.2 Å². The molecule has 1 N–H and O–H groups in total. The molecule has 0 aliphatic heterocycles. The van der Waals surface area contributed by atoms with E-state index in [0.717, 1.165) is 16.5 Å². The Morgan fingerprint density at radius 2 is 1.97 bits per heavy atom. The highest BCUT2D eigenvalue weighted by molar-refractivity contribution is 5.89. The van der Waals surface area contributed by atoms with E-state index in [-0.39, 0.29) is 30.1 Å². The number of carbonyl (C=O) groups excluding carboxylic acids is 1. The first kappa shape index (κ1) is 23.0. The molecular formula is C25H23N7O4. The van der Waals surface area contributed by atoms with Gasteiger partial charge in [0.1, 0.15) is 11.7 Å². The number of amides is 1. The lowest BCUT2D eigenvalue weighted by Crippen LogP contribution is -2.29. The molecule has 0 bridgehead atoms. The highest BCUT2D eigenvalue weighted by atomic mass is 16.6. The molecule has 182 valence electrons. The normalized spacial score (nSPS) is 11.2. The zero-order valence-corrected chi connectivity index (χ0v) is 19.5. The molecule has 36 heavy (non-hydrogen) atoms. The highest BCUT2D eigenvalue weighted by Gasteiger charge is 2.13. The van der Waals surface area contributed by atoms with Gasteiger partial charge in [-0.2, -0.15) is 5.10 Å². The van der Waals surface area contributed by atoms with Crippen molar-refractivity contribution in [1.82, 2.24) is 29.2 Å². The van der Waals surface area contributed by atoms with Crippen molar-refractivity contribution in [3.8, 4) is 0 Å². The van der Waals surface area contributed by atoms with E-state index in [0.29, 0.717) is 29.7 Å². The van der Waals surface area contributed by atoms with Gasteiger partial charge in [-0.25, -0.2) is 9.67 Å². The minimum absolute atomic E-state index is 0.0371. The Bertz CT molecular complexity index is 1660. The fourth-order valence-corrected chi connectivity index (χ4v) is 4.34. The standard InChI is InChI=1S/C25H23N7O4/c1-29-15-18(20-7-2-3-8-22(20)29)12-23(33)26-9-10-31-24-21(13-28-31)25(34)30(16-27-24)14-17-5-4-6-19(11-17)32(35)36/h2-8,11,13,15-16H,9-10,12,14H2,1H3,(H,26,33). The summed E-state index contributed by atoms with van der Waals surface area (Å²) in [6, 6.07) is 14.1. The first-order chi connectivity index (χ1) is 17.4. The molecule has 0 spiro atoms. The molecule has 0 fully saturated rings. The predicted molar refractivity (Wildman–Crippen MR) is 134 cm³/mol. The maximum Gasteiger partial charge on any atom is 0.269 e. The molecular weight excluding hydrogens is 462 g/mol. The maximum atomic E-state index is 12.9. The summed E-state index contributed by atoms with van der Waals surface area (Å²) in [6.07, 6.45) is 5.09. The minimum atomic E-state index is -0.474. The number of hydrogen-bond donors (Lipinski definition) is 1. The molecule has 5 aromatic rings. The number of hydrogen-bond acceptors (Lipinski definition) is 6. The minimum Gasteiger partial charge on any atom is -0.354 e. The molecule has 1 amide bonds. The number of aromatic nitrogens is 5. The molecule has 0 saturated heterocycles. The highest BCUT2D eigenvalue weighted by Crippen LogP contribution is 2.20. The van der Waals surface area contributed by atoms with Gasteiger partial charge in [0.05, 0.1) is 30.6 Å². The fraction of sp³-hybridized carbons (Fsp3) is 0.200. The number of para-hydroxylation sites is 1. The van der Waals surface area contributed by atoms with Gasteiger partial charge >= 0.3 is 0 Å². The van der Waals surface area contributed by atoms with Gasteiger partial charge in [0, 0.05) is 42.8 Å². The number of non-ortho nitro benzene ring substituents is 1. The molecule has 0 atom stereocenters. The fourth-order valence-electron chi connectivity index (χ4n) is 4.34. The van der Waals surface area contributed by atoms with Crippen LogP contribution in [0, 0.1) is 10.1 Å². The van der Waals surface area contributed by atoms with Crippen LogP contribution in [0.4, 0.5) is 5.69 Å². The van der Waals surface area contributed by atoms with Crippen molar-refractivity contribution in [1.29, 1.82) is 0 Å². The lowest BCUT2D eigenvalue weighted by atomic mass is 10.1. The molecule has 5 rings (SSSR count). The van der Waals surface area contributed by atoms with Crippen LogP contribution in [-0.4, -0.2) is 41.3 Å². The lowest BCUT2D eigenvalue weighted by Gasteiger charge is -2.08. The van der Waals surface area contributed by atoms with Gasteiger partial charge in [-0.3, -0.25) is 24.3 Å². The number of carbonyl (C=O) groups is 1. The van der Waals surface area contributed by atoms with Crippen LogP contribution in [0.25, 0.3) is 21.9 Å². The number of nitro groups is 1. The van der Waals surface area contributed by atoms with E-state index >= 15 is 0 Å². The van der Waals surface area contributed by atoms with E-state index in [9.17, 15) is 19.7 Å². The van der Waals surface area contributed by atoms with Crippen LogP contribution in [0.15, 0.2) is 72.0 Å². The SMILES string of the molecule is Cn1cc(CC(=O)NCCn2ncc3c(=O)n(Cc4cccc([N+](=O)[O-])c4)cnc32)c2ccccc21. The van der Waals surface area contributed by atoms with E-state index in [4.69, 9.17) is 0 Å². The van der Waals surface area contributed by atoms with E-state index in [1.54, 1.807) is 16.8 Å². The van der Waals surface area contributed by atoms with Crippen LogP contribution in [0.2, 0.25) is 0 Å². The molecule has 0 unspecified atom stereocenters. The van der Waals surface area contributed by atoms with Gasteiger partial charge in [0.15, 0.2) is 5.65 Å². The van der Waals surface area contributed by atoms with Crippen LogP contribution in [0.5, 0.6) is 0 Å². The van der Waals surface area contributed by atoms with Gasteiger partial charge in [-0.15, -0.1) is 0 Å². The topological polar surface area (TPSA) is 130 Å². The Balaban J connectivity index is 1.24. The number of aryl methyl sites for hydroxylation is 1. The van der Waals surface area contributed by atoms with Crippen LogP contribution < -0.4 is 10.9 Å². The smallest absolute Gasteiger partial charge is 0.269 e. The summed E-state index contributed by atoms with van der Waals surface area (Å²) < 4.78 is 4.97. The van der Waals surface area contributed by atoms with E-state index < -0.39 is 4.92 Å². The molecule has 0 aliphatic rings. The van der Waals surface area contributed by atoms with Crippen molar-refractivity contribution >= 4 is 33.5 Å². The first-order valence-electron chi connectivity index (χ1n) is 11.3. The summed E-state index contributed by atoms with van der Waals surface area (Å²) in [7, 11) is 1.96. The van der Waals surface area contributed by atoms with Crippen LogP contribution in [0.1, 0.15) is 11.1 Å². The molecule has 0 aliphatic carbocycles. The zero-order valence-electron chi connectivity index (χ0n) is 19.5. The number of fused-ring (bicyclic) bond motifs is 2. The summed E-state index contributed by atoms with van der Waals surface area (Å²) in [6.45, 7) is 0.837. The number of nitrogens with zero attached hydrogens (tertiary/aromatic N) is 6. The van der Waals surface area contributed by atoms with Crippen molar-refractivity contribution < 1.29 is 9.72 Å². The van der Waals surface area contributed by atoms with Crippen LogP contribution in [-0.2, 0) is 31.4 Å².